The lowest BCUT2D eigenvalue weighted by Crippen LogP contribution is -2.41. The van der Waals surface area contributed by atoms with E-state index in [1.54, 1.807) is 38.3 Å². The third kappa shape index (κ3) is 4.38. The van der Waals surface area contributed by atoms with Gasteiger partial charge in [-0.2, -0.15) is 0 Å². The predicted octanol–water partition coefficient (Wildman–Crippen LogP) is 3.37. The van der Waals surface area contributed by atoms with Gasteiger partial charge in [-0.1, -0.05) is 6.07 Å². The molecule has 0 aliphatic carbocycles. The molecule has 1 unspecified atom stereocenters. The number of carbonyl (C=O) groups is 1. The Morgan fingerprint density at radius 1 is 1.17 bits per heavy atom. The molecule has 0 fully saturated rings. The van der Waals surface area contributed by atoms with Crippen LogP contribution in [0.15, 0.2) is 41.3 Å². The highest BCUT2D eigenvalue weighted by Gasteiger charge is 2.36. The first-order valence-electron chi connectivity index (χ1n) is 9.14. The van der Waals surface area contributed by atoms with Crippen molar-refractivity contribution < 1.29 is 27.4 Å². The third-order valence-electron chi connectivity index (χ3n) is 4.90. The van der Waals surface area contributed by atoms with Gasteiger partial charge in [-0.3, -0.25) is 0 Å². The molecule has 2 aromatic rings. The average Bonchev–Trinajstić information content (AvgIpc) is 2.66. The molecule has 8 heteroatoms. The number of hydrogen-bond acceptors (Lipinski definition) is 6. The first kappa shape index (κ1) is 21.1. The van der Waals surface area contributed by atoms with E-state index in [-0.39, 0.29) is 10.5 Å². The molecule has 2 aromatic carbocycles. The Balaban J connectivity index is 2.00. The van der Waals surface area contributed by atoms with Crippen LogP contribution in [0.4, 0.5) is 0 Å². The number of esters is 1. The van der Waals surface area contributed by atoms with Crippen LogP contribution < -0.4 is 14.2 Å². The molecule has 156 valence electrons. The molecule has 1 aliphatic rings. The van der Waals surface area contributed by atoms with E-state index in [0.717, 1.165) is 0 Å². The van der Waals surface area contributed by atoms with E-state index < -0.39 is 27.6 Å². The molecule has 0 spiro atoms. The van der Waals surface area contributed by atoms with Crippen LogP contribution in [0.3, 0.4) is 0 Å². The zero-order valence-electron chi connectivity index (χ0n) is 17.1. The van der Waals surface area contributed by atoms with Crippen molar-refractivity contribution in [3.8, 4) is 11.5 Å². The number of nitrogens with one attached hydrogen (secondary N) is 1. The van der Waals surface area contributed by atoms with Crippen molar-refractivity contribution in [1.29, 1.82) is 0 Å². The third-order valence-corrected chi connectivity index (χ3v) is 6.37. The Labute approximate surface area is 171 Å². The molecule has 0 aromatic heterocycles. The largest absolute Gasteiger partial charge is 0.497 e. The first-order valence-corrected chi connectivity index (χ1v) is 10.6. The van der Waals surface area contributed by atoms with E-state index in [0.29, 0.717) is 29.0 Å². The average molecular weight is 419 g/mol. The van der Waals surface area contributed by atoms with Crippen LogP contribution in [0, 0.1) is 6.92 Å². The highest BCUT2D eigenvalue weighted by molar-refractivity contribution is 7.89. The number of fused-ring (bicyclic) bond motifs is 1. The van der Waals surface area contributed by atoms with Gasteiger partial charge in [-0.15, -0.1) is 0 Å². The fourth-order valence-electron chi connectivity index (χ4n) is 3.42. The van der Waals surface area contributed by atoms with Crippen molar-refractivity contribution in [2.24, 2.45) is 0 Å². The summed E-state index contributed by atoms with van der Waals surface area (Å²) in [5, 5.41) is 0. The van der Waals surface area contributed by atoms with Gasteiger partial charge < -0.3 is 14.2 Å². The van der Waals surface area contributed by atoms with Crippen LogP contribution in [-0.4, -0.2) is 34.2 Å². The van der Waals surface area contributed by atoms with Crippen molar-refractivity contribution in [3.63, 3.8) is 0 Å². The minimum atomic E-state index is -3.91. The lowest BCUT2D eigenvalue weighted by Gasteiger charge is -2.37. The van der Waals surface area contributed by atoms with E-state index in [2.05, 4.69) is 4.72 Å². The minimum Gasteiger partial charge on any atom is -0.497 e. The normalized spacial score (nSPS) is 17.8. The van der Waals surface area contributed by atoms with E-state index in [4.69, 9.17) is 14.2 Å². The minimum absolute atomic E-state index is 0.00255. The summed E-state index contributed by atoms with van der Waals surface area (Å²) in [6.45, 7) is 5.53. The van der Waals surface area contributed by atoms with Crippen LogP contribution >= 0.6 is 0 Å². The Morgan fingerprint density at radius 3 is 2.55 bits per heavy atom. The molecule has 1 N–H and O–H groups in total. The molecule has 0 saturated heterocycles. The molecule has 0 amide bonds. The van der Waals surface area contributed by atoms with Crippen LogP contribution in [0.1, 0.15) is 47.8 Å². The van der Waals surface area contributed by atoms with Crippen LogP contribution in [-0.2, 0) is 14.8 Å². The molecule has 1 aliphatic heterocycles. The van der Waals surface area contributed by atoms with Crippen LogP contribution in [0.25, 0.3) is 0 Å². The molecule has 0 bridgehead atoms. The van der Waals surface area contributed by atoms with E-state index in [1.807, 2.05) is 13.8 Å². The number of benzene rings is 2. The standard InChI is InChI=1S/C21H25NO6S/c1-13-6-8-15(11-16(13)20(23)27-5)29(24,25)22-18-12-21(2,3)28-19-9-7-14(26-4)10-17(18)19/h6-11,18,22H,12H2,1-5H3. The fourth-order valence-corrected chi connectivity index (χ4v) is 4.66. The first-order chi connectivity index (χ1) is 13.6. The zero-order valence-corrected chi connectivity index (χ0v) is 17.9. The lowest BCUT2D eigenvalue weighted by molar-refractivity contribution is 0.0599. The van der Waals surface area contributed by atoms with Gasteiger partial charge in [0.1, 0.15) is 17.1 Å². The van der Waals surface area contributed by atoms with Crippen molar-refractivity contribution >= 4 is 16.0 Å². The summed E-state index contributed by atoms with van der Waals surface area (Å²) in [6, 6.07) is 9.20. The van der Waals surface area contributed by atoms with Gasteiger partial charge in [-0.05, 0) is 56.7 Å². The van der Waals surface area contributed by atoms with Crippen molar-refractivity contribution in [2.75, 3.05) is 14.2 Å². The van der Waals surface area contributed by atoms with Crippen LogP contribution in [0.2, 0.25) is 0 Å². The molecule has 0 saturated carbocycles. The number of hydrogen-bond donors (Lipinski definition) is 1. The second-order valence-electron chi connectivity index (χ2n) is 7.61. The summed E-state index contributed by atoms with van der Waals surface area (Å²) in [5.41, 5.74) is 0.995. The van der Waals surface area contributed by atoms with E-state index in [9.17, 15) is 13.2 Å². The van der Waals surface area contributed by atoms with Gasteiger partial charge in [0.2, 0.25) is 10.0 Å². The molecular formula is C21H25NO6S. The highest BCUT2D eigenvalue weighted by atomic mass is 32.2. The molecule has 1 atom stereocenters. The van der Waals surface area contributed by atoms with Gasteiger partial charge in [0.15, 0.2) is 0 Å². The SMILES string of the molecule is COC(=O)c1cc(S(=O)(=O)NC2CC(C)(C)Oc3ccc(OC)cc32)ccc1C. The monoisotopic (exact) mass is 419 g/mol. The fraction of sp³-hybridized carbons (Fsp3) is 0.381. The molecular weight excluding hydrogens is 394 g/mol. The summed E-state index contributed by atoms with van der Waals surface area (Å²) in [6.07, 6.45) is 0.433. The summed E-state index contributed by atoms with van der Waals surface area (Å²) in [5.74, 6) is 0.635. The second-order valence-corrected chi connectivity index (χ2v) is 9.33. The number of ether oxygens (including phenoxy) is 3. The Kier molecular flexibility index (Phi) is 5.60. The highest BCUT2D eigenvalue weighted by Crippen LogP contribution is 2.41. The van der Waals surface area contributed by atoms with Gasteiger partial charge >= 0.3 is 5.97 Å². The number of carbonyl (C=O) groups excluding carboxylic acids is 1. The van der Waals surface area contributed by atoms with Crippen molar-refractivity contribution in [1.82, 2.24) is 4.72 Å². The summed E-state index contributed by atoms with van der Waals surface area (Å²) in [4.78, 5) is 12.0. The van der Waals surface area contributed by atoms with Gasteiger partial charge in [0, 0.05) is 12.0 Å². The molecule has 7 nitrogen and oxygen atoms in total. The van der Waals surface area contributed by atoms with Crippen LogP contribution in [0.5, 0.6) is 11.5 Å². The van der Waals surface area contributed by atoms with Gasteiger partial charge in [-0.25, -0.2) is 17.9 Å². The number of rotatable bonds is 5. The molecule has 29 heavy (non-hydrogen) atoms. The van der Waals surface area contributed by atoms with E-state index >= 15 is 0 Å². The lowest BCUT2D eigenvalue weighted by atomic mass is 9.90. The summed E-state index contributed by atoms with van der Waals surface area (Å²) >= 11 is 0. The quantitative estimate of drug-likeness (QED) is 0.747. The molecule has 0 radical (unpaired) electrons. The zero-order chi connectivity index (χ0) is 21.4. The smallest absolute Gasteiger partial charge is 0.338 e. The Bertz CT molecular complexity index is 1050. The Hall–Kier alpha value is -2.58. The van der Waals surface area contributed by atoms with Crippen molar-refractivity contribution in [3.05, 3.63) is 53.1 Å². The summed E-state index contributed by atoms with van der Waals surface area (Å²) in [7, 11) is -1.10. The van der Waals surface area contributed by atoms with Crippen molar-refractivity contribution in [2.45, 2.75) is 43.7 Å². The second kappa shape index (κ2) is 7.68. The maximum Gasteiger partial charge on any atom is 0.338 e. The summed E-state index contributed by atoms with van der Waals surface area (Å²) < 4.78 is 45.0. The number of sulfonamides is 1. The Morgan fingerprint density at radius 2 is 1.90 bits per heavy atom. The predicted molar refractivity (Wildman–Crippen MR) is 108 cm³/mol. The maximum absolute atomic E-state index is 13.1. The number of methoxy groups -OCH3 is 2. The molecule has 1 heterocycles. The van der Waals surface area contributed by atoms with Gasteiger partial charge in [0.05, 0.1) is 30.7 Å². The van der Waals surface area contributed by atoms with E-state index in [1.165, 1.54) is 19.2 Å². The number of aryl methyl sites for hydroxylation is 1. The molecule has 3 rings (SSSR count). The maximum atomic E-state index is 13.1. The van der Waals surface area contributed by atoms with Gasteiger partial charge in [0.25, 0.3) is 0 Å². The topological polar surface area (TPSA) is 90.9 Å².